The van der Waals surface area contributed by atoms with Crippen LogP contribution >= 0.6 is 0 Å². The number of benzene rings is 3. The number of aromatic nitrogens is 1. The molecule has 206 valence electrons. The van der Waals surface area contributed by atoms with Gasteiger partial charge in [-0.15, -0.1) is 0 Å². The van der Waals surface area contributed by atoms with Gasteiger partial charge in [0.05, 0.1) is 12.6 Å². The maximum absolute atomic E-state index is 13.4. The average Bonchev–Trinajstić information content (AvgIpc) is 3.15. The van der Waals surface area contributed by atoms with E-state index in [4.69, 9.17) is 9.15 Å². The van der Waals surface area contributed by atoms with Crippen molar-refractivity contribution in [2.45, 2.75) is 32.2 Å². The SMILES string of the molecule is COc1ccc2c(c1)CCN(C1CCN(c3cccc(C(=O)c4cc(C)c5c(c4)oc(=O)n5C)c3)CC1)C(=O)N2. The second-order valence-corrected chi connectivity index (χ2v) is 10.6. The Morgan fingerprint density at radius 1 is 1.00 bits per heavy atom. The number of rotatable bonds is 5. The molecule has 1 fully saturated rings. The van der Waals surface area contributed by atoms with Gasteiger partial charge in [-0.2, -0.15) is 0 Å². The van der Waals surface area contributed by atoms with E-state index in [2.05, 4.69) is 10.2 Å². The zero-order chi connectivity index (χ0) is 28.0. The molecule has 1 N–H and O–H groups in total. The van der Waals surface area contributed by atoms with Crippen molar-refractivity contribution in [3.8, 4) is 5.75 Å². The summed E-state index contributed by atoms with van der Waals surface area (Å²) in [7, 11) is 3.30. The van der Waals surface area contributed by atoms with Gasteiger partial charge in [-0.25, -0.2) is 9.59 Å². The molecule has 0 unspecified atom stereocenters. The molecule has 3 aromatic carbocycles. The van der Waals surface area contributed by atoms with E-state index in [9.17, 15) is 14.4 Å². The third-order valence-electron chi connectivity index (χ3n) is 8.15. The molecule has 0 atom stereocenters. The Hall–Kier alpha value is -4.53. The van der Waals surface area contributed by atoms with Crippen LogP contribution < -0.4 is 20.7 Å². The van der Waals surface area contributed by atoms with Crippen molar-refractivity contribution >= 4 is 34.3 Å². The van der Waals surface area contributed by atoms with Crippen LogP contribution in [0.5, 0.6) is 5.75 Å². The van der Waals surface area contributed by atoms with Crippen LogP contribution in [0.4, 0.5) is 16.2 Å². The molecule has 0 saturated carbocycles. The molecular weight excluding hydrogens is 508 g/mol. The molecule has 0 bridgehead atoms. The number of aryl methyl sites for hydroxylation is 2. The van der Waals surface area contributed by atoms with Gasteiger partial charge in [0.1, 0.15) is 5.75 Å². The highest BCUT2D eigenvalue weighted by Crippen LogP contribution is 2.29. The van der Waals surface area contributed by atoms with Gasteiger partial charge in [-0.3, -0.25) is 9.36 Å². The van der Waals surface area contributed by atoms with Crippen LogP contribution in [0, 0.1) is 6.92 Å². The summed E-state index contributed by atoms with van der Waals surface area (Å²) < 4.78 is 12.1. The number of hydrogen-bond acceptors (Lipinski definition) is 6. The summed E-state index contributed by atoms with van der Waals surface area (Å²) in [6.45, 7) is 4.10. The van der Waals surface area contributed by atoms with Crippen molar-refractivity contribution in [3.05, 3.63) is 87.4 Å². The normalized spacial score (nSPS) is 16.0. The van der Waals surface area contributed by atoms with Crippen molar-refractivity contribution in [3.63, 3.8) is 0 Å². The number of nitrogens with one attached hydrogen (secondary N) is 1. The molecule has 2 amide bonds. The molecule has 1 saturated heterocycles. The highest BCUT2D eigenvalue weighted by atomic mass is 16.5. The summed E-state index contributed by atoms with van der Waals surface area (Å²) in [6, 6.07) is 16.9. The fourth-order valence-corrected chi connectivity index (χ4v) is 5.99. The number of amides is 2. The van der Waals surface area contributed by atoms with Crippen molar-refractivity contribution in [1.82, 2.24) is 9.47 Å². The molecule has 9 heteroatoms. The summed E-state index contributed by atoms with van der Waals surface area (Å²) in [5, 5.41) is 3.07. The first-order valence-corrected chi connectivity index (χ1v) is 13.6. The molecule has 2 aliphatic heterocycles. The fourth-order valence-electron chi connectivity index (χ4n) is 5.99. The van der Waals surface area contributed by atoms with Gasteiger partial charge in [0.15, 0.2) is 11.4 Å². The maximum atomic E-state index is 13.4. The smallest absolute Gasteiger partial charge is 0.419 e. The minimum Gasteiger partial charge on any atom is -0.497 e. The van der Waals surface area contributed by atoms with Crippen LogP contribution in [0.2, 0.25) is 0 Å². The molecule has 0 aliphatic carbocycles. The van der Waals surface area contributed by atoms with Gasteiger partial charge >= 0.3 is 11.8 Å². The Morgan fingerprint density at radius 2 is 1.80 bits per heavy atom. The van der Waals surface area contributed by atoms with Crippen LogP contribution in [0.25, 0.3) is 11.1 Å². The number of fused-ring (bicyclic) bond motifs is 2. The highest BCUT2D eigenvalue weighted by molar-refractivity contribution is 6.11. The maximum Gasteiger partial charge on any atom is 0.419 e. The predicted octanol–water partition coefficient (Wildman–Crippen LogP) is 4.74. The lowest BCUT2D eigenvalue weighted by Gasteiger charge is -2.39. The third-order valence-corrected chi connectivity index (χ3v) is 8.15. The molecule has 2 aliphatic rings. The third kappa shape index (κ3) is 4.61. The second-order valence-electron chi connectivity index (χ2n) is 10.6. The Balaban J connectivity index is 1.14. The lowest BCUT2D eigenvalue weighted by molar-refractivity contribution is 0.103. The van der Waals surface area contributed by atoms with Crippen LogP contribution in [0.15, 0.2) is 63.8 Å². The lowest BCUT2D eigenvalue weighted by Crippen LogP contribution is -2.48. The number of methoxy groups -OCH3 is 1. The van der Waals surface area contributed by atoms with Gasteiger partial charge in [-0.05, 0) is 79.8 Å². The van der Waals surface area contributed by atoms with E-state index < -0.39 is 5.76 Å². The minimum absolute atomic E-state index is 0.0588. The number of ether oxygens (including phenoxy) is 1. The zero-order valence-electron chi connectivity index (χ0n) is 22.9. The first-order valence-electron chi connectivity index (χ1n) is 13.6. The molecule has 0 radical (unpaired) electrons. The Labute approximate surface area is 231 Å². The van der Waals surface area contributed by atoms with Gasteiger partial charge < -0.3 is 24.3 Å². The van der Waals surface area contributed by atoms with Crippen LogP contribution in [-0.2, 0) is 13.5 Å². The number of nitrogens with zero attached hydrogens (tertiary/aromatic N) is 3. The van der Waals surface area contributed by atoms with E-state index in [1.165, 1.54) is 4.57 Å². The van der Waals surface area contributed by atoms with E-state index in [-0.39, 0.29) is 17.9 Å². The van der Waals surface area contributed by atoms with E-state index >= 15 is 0 Å². The molecule has 4 aromatic rings. The molecule has 3 heterocycles. The number of carbonyl (C=O) groups is 2. The molecule has 0 spiro atoms. The monoisotopic (exact) mass is 540 g/mol. The lowest BCUT2D eigenvalue weighted by atomic mass is 9.99. The minimum atomic E-state index is -0.449. The summed E-state index contributed by atoms with van der Waals surface area (Å²) >= 11 is 0. The van der Waals surface area contributed by atoms with Crippen molar-refractivity contribution in [2.24, 2.45) is 7.05 Å². The van der Waals surface area contributed by atoms with Gasteiger partial charge in [0, 0.05) is 55.2 Å². The number of anilines is 2. The van der Waals surface area contributed by atoms with Gasteiger partial charge in [-0.1, -0.05) is 12.1 Å². The molecule has 6 rings (SSSR count). The number of urea groups is 1. The predicted molar refractivity (Wildman–Crippen MR) is 154 cm³/mol. The number of ketones is 1. The van der Waals surface area contributed by atoms with Crippen LogP contribution in [0.1, 0.15) is 39.9 Å². The first kappa shape index (κ1) is 25.7. The standard InChI is InChI=1S/C31H32N4O5/c1-19-15-22(18-27-28(19)33(2)31(38)40-27)29(36)21-5-4-6-24(16-21)34-12-10-23(11-13-34)35-14-9-20-17-25(39-3)7-8-26(20)32-30(35)37/h4-8,15-18,23H,9-14H2,1-3H3,(H,32,37). The Bertz CT molecular complexity index is 1680. The van der Waals surface area contributed by atoms with Crippen molar-refractivity contribution < 1.29 is 18.7 Å². The summed E-state index contributed by atoms with van der Waals surface area (Å²) in [5.41, 5.74) is 5.89. The van der Waals surface area contributed by atoms with Crippen molar-refractivity contribution in [2.75, 3.05) is 37.0 Å². The average molecular weight is 541 g/mol. The molecule has 9 nitrogen and oxygen atoms in total. The highest BCUT2D eigenvalue weighted by Gasteiger charge is 2.30. The van der Waals surface area contributed by atoms with E-state index in [0.29, 0.717) is 28.8 Å². The summed E-state index contributed by atoms with van der Waals surface area (Å²) in [5.74, 6) is 0.221. The molecular formula is C31H32N4O5. The van der Waals surface area contributed by atoms with Gasteiger partial charge in [0.2, 0.25) is 0 Å². The summed E-state index contributed by atoms with van der Waals surface area (Å²) in [4.78, 5) is 42.7. The number of carbonyl (C=O) groups excluding carboxylic acids is 2. The van der Waals surface area contributed by atoms with E-state index in [1.54, 1.807) is 26.3 Å². The molecule has 1 aromatic heterocycles. The number of hydrogen-bond donors (Lipinski definition) is 1. The van der Waals surface area contributed by atoms with Crippen LogP contribution in [-0.4, -0.2) is 54.1 Å². The quantitative estimate of drug-likeness (QED) is 0.368. The van der Waals surface area contributed by atoms with E-state index in [1.807, 2.05) is 54.3 Å². The van der Waals surface area contributed by atoms with Gasteiger partial charge in [0.25, 0.3) is 0 Å². The number of oxazole rings is 1. The number of piperidine rings is 1. The summed E-state index contributed by atoms with van der Waals surface area (Å²) in [6.07, 6.45) is 2.45. The van der Waals surface area contributed by atoms with Crippen LogP contribution in [0.3, 0.4) is 0 Å². The second kappa shape index (κ2) is 10.2. The van der Waals surface area contributed by atoms with E-state index in [0.717, 1.165) is 60.6 Å². The molecule has 40 heavy (non-hydrogen) atoms. The Kier molecular flexibility index (Phi) is 6.57. The Morgan fingerprint density at radius 3 is 2.58 bits per heavy atom. The zero-order valence-corrected chi connectivity index (χ0v) is 22.9. The fraction of sp³-hybridized carbons (Fsp3) is 0.323. The van der Waals surface area contributed by atoms with Crippen molar-refractivity contribution in [1.29, 1.82) is 0 Å². The first-order chi connectivity index (χ1) is 19.3. The largest absolute Gasteiger partial charge is 0.497 e. The topological polar surface area (TPSA) is 97.0 Å².